The van der Waals surface area contributed by atoms with Gasteiger partial charge in [-0.3, -0.25) is 14.5 Å². The van der Waals surface area contributed by atoms with Crippen LogP contribution in [-0.2, 0) is 16.0 Å². The molecule has 0 saturated carbocycles. The van der Waals surface area contributed by atoms with Crippen molar-refractivity contribution in [3.8, 4) is 0 Å². The van der Waals surface area contributed by atoms with Crippen molar-refractivity contribution in [2.45, 2.75) is 18.9 Å². The van der Waals surface area contributed by atoms with E-state index in [0.717, 1.165) is 69.3 Å². The second-order valence-electron chi connectivity index (χ2n) is 9.06. The van der Waals surface area contributed by atoms with Crippen LogP contribution in [0.15, 0.2) is 36.4 Å². The number of nitrogens with zero attached hydrogens (tertiary/aromatic N) is 3. The van der Waals surface area contributed by atoms with Gasteiger partial charge in [0.1, 0.15) is 11.6 Å². The van der Waals surface area contributed by atoms with Gasteiger partial charge in [0.15, 0.2) is 0 Å². The van der Waals surface area contributed by atoms with E-state index in [1.54, 1.807) is 0 Å². The summed E-state index contributed by atoms with van der Waals surface area (Å²) in [5.74, 6) is -3.43. The summed E-state index contributed by atoms with van der Waals surface area (Å²) in [6.45, 7) is 4.78. The summed E-state index contributed by atoms with van der Waals surface area (Å²) in [7, 11) is 4.18. The van der Waals surface area contributed by atoms with Gasteiger partial charge in [-0.2, -0.15) is 0 Å². The van der Waals surface area contributed by atoms with Gasteiger partial charge < -0.3 is 20.4 Å². The third-order valence-corrected chi connectivity index (χ3v) is 6.66. The summed E-state index contributed by atoms with van der Waals surface area (Å²) in [6, 6.07) is 9.03. The highest BCUT2D eigenvalue weighted by molar-refractivity contribution is 6.39. The third-order valence-electron chi connectivity index (χ3n) is 6.66. The first-order valence-corrected chi connectivity index (χ1v) is 11.6. The maximum Gasteiger partial charge on any atom is 0.313 e. The zero-order valence-electron chi connectivity index (χ0n) is 19.6. The van der Waals surface area contributed by atoms with Crippen LogP contribution in [-0.4, -0.2) is 75.0 Å². The van der Waals surface area contributed by atoms with Crippen molar-refractivity contribution in [2.75, 3.05) is 63.6 Å². The first kappa shape index (κ1) is 24.1. The normalized spacial score (nSPS) is 17.7. The Morgan fingerprint density at radius 3 is 2.50 bits per heavy atom. The Morgan fingerprint density at radius 2 is 1.74 bits per heavy atom. The minimum absolute atomic E-state index is 0.103. The van der Waals surface area contributed by atoms with Gasteiger partial charge in [0.05, 0.1) is 11.7 Å². The molecule has 0 bridgehead atoms. The van der Waals surface area contributed by atoms with E-state index in [0.29, 0.717) is 0 Å². The molecule has 2 aromatic rings. The van der Waals surface area contributed by atoms with Gasteiger partial charge in [0.2, 0.25) is 0 Å². The predicted molar refractivity (Wildman–Crippen MR) is 128 cm³/mol. The molecule has 0 aromatic heterocycles. The molecule has 1 saturated heterocycles. The number of nitrogens with one attached hydrogen (secondary N) is 2. The van der Waals surface area contributed by atoms with Crippen LogP contribution in [0.4, 0.5) is 20.2 Å². The molecule has 0 aliphatic carbocycles. The number of aryl methyl sites for hydroxylation is 1. The van der Waals surface area contributed by atoms with Crippen LogP contribution in [0.25, 0.3) is 0 Å². The third kappa shape index (κ3) is 5.53. The Morgan fingerprint density at radius 1 is 0.971 bits per heavy atom. The van der Waals surface area contributed by atoms with E-state index in [1.165, 1.54) is 11.3 Å². The molecule has 0 spiro atoms. The average molecular weight is 472 g/mol. The highest BCUT2D eigenvalue weighted by atomic mass is 19.1. The topological polar surface area (TPSA) is 67.9 Å². The van der Waals surface area contributed by atoms with Crippen molar-refractivity contribution >= 4 is 23.2 Å². The molecule has 2 heterocycles. The fraction of sp³-hybridized carbons (Fsp3) is 0.440. The van der Waals surface area contributed by atoms with E-state index in [4.69, 9.17) is 0 Å². The highest BCUT2D eigenvalue weighted by Crippen LogP contribution is 2.31. The standard InChI is InChI=1S/C25H31F2N5O2/c1-30-10-12-32(13-11-30)23(18-5-8-22-17(14-18)4-3-9-31(22)2)16-28-24(33)25(34)29-21-15-19(26)6-7-20(21)27/h5-8,14-15,23H,3-4,9-13,16H2,1-2H3,(H,28,33)(H,29,34)/t23-/m0/s1. The lowest BCUT2D eigenvalue weighted by Gasteiger charge is -2.39. The van der Waals surface area contributed by atoms with Crippen LogP contribution >= 0.6 is 0 Å². The minimum Gasteiger partial charge on any atom is -0.374 e. The fourth-order valence-electron chi connectivity index (χ4n) is 4.65. The number of carbonyl (C=O) groups excluding carboxylic acids is 2. The maximum atomic E-state index is 13.8. The molecule has 2 aromatic carbocycles. The van der Waals surface area contributed by atoms with Crippen molar-refractivity contribution in [2.24, 2.45) is 0 Å². The molecule has 1 atom stereocenters. The van der Waals surface area contributed by atoms with E-state index in [2.05, 4.69) is 57.6 Å². The van der Waals surface area contributed by atoms with Gasteiger partial charge in [0.25, 0.3) is 0 Å². The van der Waals surface area contributed by atoms with E-state index in [9.17, 15) is 18.4 Å². The van der Waals surface area contributed by atoms with Crippen LogP contribution in [0.3, 0.4) is 0 Å². The van der Waals surface area contributed by atoms with Crippen LogP contribution in [0.2, 0.25) is 0 Å². The zero-order chi connectivity index (χ0) is 24.2. The molecule has 2 amide bonds. The zero-order valence-corrected chi connectivity index (χ0v) is 19.6. The number of hydrogen-bond acceptors (Lipinski definition) is 5. The van der Waals surface area contributed by atoms with Crippen LogP contribution in [0.5, 0.6) is 0 Å². The Bertz CT molecular complexity index is 1060. The Labute approximate surface area is 198 Å². The Kier molecular flexibility index (Phi) is 7.43. The minimum atomic E-state index is -1.03. The van der Waals surface area contributed by atoms with Crippen molar-refractivity contribution < 1.29 is 18.4 Å². The Balaban J connectivity index is 1.48. The largest absolute Gasteiger partial charge is 0.374 e. The molecule has 34 heavy (non-hydrogen) atoms. The quantitative estimate of drug-likeness (QED) is 0.656. The van der Waals surface area contributed by atoms with Gasteiger partial charge in [-0.1, -0.05) is 12.1 Å². The molecular weight excluding hydrogens is 440 g/mol. The molecule has 2 aliphatic rings. The number of fused-ring (bicyclic) bond motifs is 1. The molecule has 0 radical (unpaired) electrons. The van der Waals surface area contributed by atoms with Crippen LogP contribution < -0.4 is 15.5 Å². The lowest BCUT2D eigenvalue weighted by Crippen LogP contribution is -2.49. The summed E-state index contributed by atoms with van der Waals surface area (Å²) in [5, 5.41) is 4.85. The number of piperazine rings is 1. The number of carbonyl (C=O) groups is 2. The fourth-order valence-corrected chi connectivity index (χ4v) is 4.65. The number of hydrogen-bond donors (Lipinski definition) is 2. The molecule has 0 unspecified atom stereocenters. The smallest absolute Gasteiger partial charge is 0.313 e. The molecule has 9 heteroatoms. The summed E-state index contributed by atoms with van der Waals surface area (Å²) in [4.78, 5) is 31.7. The van der Waals surface area contributed by atoms with Gasteiger partial charge in [0, 0.05) is 58.1 Å². The second-order valence-corrected chi connectivity index (χ2v) is 9.06. The SMILES string of the molecule is CN1CCN([C@@H](CNC(=O)C(=O)Nc2cc(F)ccc2F)c2ccc3c(c2)CCCN3C)CC1. The van der Waals surface area contributed by atoms with Crippen molar-refractivity contribution in [1.82, 2.24) is 15.1 Å². The number of anilines is 2. The molecule has 1 fully saturated rings. The van der Waals surface area contributed by atoms with Crippen LogP contribution in [0.1, 0.15) is 23.6 Å². The molecular formula is C25H31F2N5O2. The monoisotopic (exact) mass is 471 g/mol. The Hall–Kier alpha value is -3.04. The van der Waals surface area contributed by atoms with E-state index in [1.807, 2.05) is 0 Å². The van der Waals surface area contributed by atoms with E-state index in [-0.39, 0.29) is 18.3 Å². The summed E-state index contributed by atoms with van der Waals surface area (Å²) in [5.41, 5.74) is 3.24. The number of likely N-dealkylation sites (N-methyl/N-ethyl adjacent to an activating group) is 1. The lowest BCUT2D eigenvalue weighted by atomic mass is 9.95. The summed E-state index contributed by atoms with van der Waals surface area (Å²) in [6.07, 6.45) is 2.11. The highest BCUT2D eigenvalue weighted by Gasteiger charge is 2.27. The van der Waals surface area contributed by atoms with Gasteiger partial charge >= 0.3 is 11.8 Å². The summed E-state index contributed by atoms with van der Waals surface area (Å²) >= 11 is 0. The van der Waals surface area contributed by atoms with E-state index >= 15 is 0 Å². The second kappa shape index (κ2) is 10.5. The summed E-state index contributed by atoms with van der Waals surface area (Å²) < 4.78 is 27.2. The van der Waals surface area contributed by atoms with Crippen molar-refractivity contribution in [3.05, 3.63) is 59.2 Å². The average Bonchev–Trinajstić information content (AvgIpc) is 2.82. The predicted octanol–water partition coefficient (Wildman–Crippen LogP) is 2.39. The number of rotatable bonds is 5. The molecule has 4 rings (SSSR count). The van der Waals surface area contributed by atoms with Gasteiger partial charge in [-0.15, -0.1) is 0 Å². The molecule has 2 aliphatic heterocycles. The number of halogens is 2. The molecule has 182 valence electrons. The lowest BCUT2D eigenvalue weighted by molar-refractivity contribution is -0.136. The maximum absolute atomic E-state index is 13.8. The van der Waals surface area contributed by atoms with Crippen molar-refractivity contribution in [1.29, 1.82) is 0 Å². The van der Waals surface area contributed by atoms with E-state index < -0.39 is 23.4 Å². The number of amides is 2. The van der Waals surface area contributed by atoms with Gasteiger partial charge in [-0.25, -0.2) is 8.78 Å². The van der Waals surface area contributed by atoms with Crippen LogP contribution in [0, 0.1) is 11.6 Å². The van der Waals surface area contributed by atoms with Gasteiger partial charge in [-0.05, 0) is 49.2 Å². The molecule has 7 nitrogen and oxygen atoms in total. The van der Waals surface area contributed by atoms with Crippen molar-refractivity contribution in [3.63, 3.8) is 0 Å². The first-order chi connectivity index (χ1) is 16.3. The molecule has 2 N–H and O–H groups in total. The first-order valence-electron chi connectivity index (χ1n) is 11.6. The number of benzene rings is 2.